The van der Waals surface area contributed by atoms with Crippen LogP contribution in [0.5, 0.6) is 0 Å². The normalized spacial score (nSPS) is 11.5. The second-order valence-corrected chi connectivity index (χ2v) is 4.63. The minimum absolute atomic E-state index is 0.531. The van der Waals surface area contributed by atoms with Gasteiger partial charge in [-0.15, -0.1) is 0 Å². The molecule has 0 radical (unpaired) electrons. The maximum atomic E-state index is 5.74. The molecule has 0 atom stereocenters. The van der Waals surface area contributed by atoms with Crippen molar-refractivity contribution in [3.05, 3.63) is 59.8 Å². The van der Waals surface area contributed by atoms with E-state index in [1.165, 1.54) is 17.3 Å². The third kappa shape index (κ3) is 3.34. The fourth-order valence-corrected chi connectivity index (χ4v) is 1.81. The number of hydrogen-bond donors (Lipinski definition) is 1. The topological polar surface area (TPSA) is 51.3 Å². The van der Waals surface area contributed by atoms with Crippen molar-refractivity contribution < 1.29 is 0 Å². The Morgan fingerprint density at radius 1 is 1.22 bits per heavy atom. The Labute approximate surface area is 111 Å². The van der Waals surface area contributed by atoms with Crippen molar-refractivity contribution in [1.29, 1.82) is 0 Å². The highest BCUT2D eigenvalue weighted by molar-refractivity contribution is 8.13. The summed E-state index contributed by atoms with van der Waals surface area (Å²) in [6.07, 6.45) is 4.45. The molecule has 4 heteroatoms. The lowest BCUT2D eigenvalue weighted by Gasteiger charge is -2.05. The van der Waals surface area contributed by atoms with E-state index in [0.29, 0.717) is 11.0 Å². The molecule has 0 aliphatic rings. The lowest BCUT2D eigenvalue weighted by molar-refractivity contribution is 1.13. The molecule has 1 heterocycles. The van der Waals surface area contributed by atoms with E-state index in [2.05, 4.69) is 22.1 Å². The summed E-state index contributed by atoms with van der Waals surface area (Å²) in [5.74, 6) is 0.702. The van der Waals surface area contributed by atoms with Crippen molar-refractivity contribution in [2.45, 2.75) is 6.42 Å². The molecule has 0 unspecified atom stereocenters. The molecular weight excluding hydrogens is 242 g/mol. The highest BCUT2D eigenvalue weighted by Gasteiger charge is 2.04. The zero-order valence-electron chi connectivity index (χ0n) is 10.2. The maximum Gasteiger partial charge on any atom is 0.160 e. The fraction of sp³-hybridized carbons (Fsp3) is 0.143. The summed E-state index contributed by atoms with van der Waals surface area (Å²) in [6, 6.07) is 14.2. The molecule has 0 amide bonds. The minimum atomic E-state index is 0.531. The zero-order valence-corrected chi connectivity index (χ0v) is 11.0. The van der Waals surface area contributed by atoms with Crippen molar-refractivity contribution in [2.24, 2.45) is 10.7 Å². The molecule has 2 rings (SSSR count). The van der Waals surface area contributed by atoms with Gasteiger partial charge in [-0.1, -0.05) is 48.2 Å². The molecule has 3 nitrogen and oxygen atoms in total. The summed E-state index contributed by atoms with van der Waals surface area (Å²) in [5.41, 5.74) is 8.06. The van der Waals surface area contributed by atoms with Crippen molar-refractivity contribution in [1.82, 2.24) is 4.98 Å². The molecule has 18 heavy (non-hydrogen) atoms. The first-order chi connectivity index (χ1) is 8.79. The number of thioether (sulfide) groups is 1. The van der Waals surface area contributed by atoms with Crippen LogP contribution in [0.15, 0.2) is 53.7 Å². The number of aromatic nitrogens is 1. The lowest BCUT2D eigenvalue weighted by Crippen LogP contribution is -2.05. The molecule has 2 aromatic rings. The van der Waals surface area contributed by atoms with Gasteiger partial charge in [-0.3, -0.25) is 0 Å². The Kier molecular flexibility index (Phi) is 4.36. The van der Waals surface area contributed by atoms with Crippen LogP contribution in [0.25, 0.3) is 0 Å². The first-order valence-corrected chi connectivity index (χ1v) is 6.88. The summed E-state index contributed by atoms with van der Waals surface area (Å²) < 4.78 is 0. The molecule has 0 aliphatic heterocycles. The van der Waals surface area contributed by atoms with Crippen molar-refractivity contribution in [3.63, 3.8) is 0 Å². The van der Waals surface area contributed by atoms with Crippen LogP contribution in [-0.4, -0.2) is 16.4 Å². The van der Waals surface area contributed by atoms with Gasteiger partial charge < -0.3 is 5.73 Å². The Balaban J connectivity index is 2.28. The Hall–Kier alpha value is -1.81. The highest BCUT2D eigenvalue weighted by Crippen LogP contribution is 2.19. The number of benzene rings is 1. The van der Waals surface area contributed by atoms with Crippen LogP contribution in [0, 0.1) is 0 Å². The molecule has 1 aromatic heterocycles. The average Bonchev–Trinajstić information content (AvgIpc) is 2.42. The van der Waals surface area contributed by atoms with Gasteiger partial charge >= 0.3 is 0 Å². The summed E-state index contributed by atoms with van der Waals surface area (Å²) >= 11 is 1.42. The maximum absolute atomic E-state index is 5.74. The van der Waals surface area contributed by atoms with E-state index in [1.54, 1.807) is 6.20 Å². The zero-order chi connectivity index (χ0) is 12.8. The second-order valence-electron chi connectivity index (χ2n) is 3.80. The van der Waals surface area contributed by atoms with E-state index in [9.17, 15) is 0 Å². The van der Waals surface area contributed by atoms with Crippen LogP contribution in [-0.2, 0) is 6.42 Å². The van der Waals surface area contributed by atoms with E-state index in [0.717, 1.165) is 12.0 Å². The molecule has 2 N–H and O–H groups in total. The molecule has 0 saturated carbocycles. The Bertz CT molecular complexity index is 538. The van der Waals surface area contributed by atoms with Gasteiger partial charge in [0.15, 0.2) is 11.0 Å². The second kappa shape index (κ2) is 6.21. The van der Waals surface area contributed by atoms with E-state index in [4.69, 9.17) is 5.73 Å². The quantitative estimate of drug-likeness (QED) is 0.679. The first kappa shape index (κ1) is 12.6. The Morgan fingerprint density at radius 3 is 2.72 bits per heavy atom. The number of nitrogens with zero attached hydrogens (tertiary/aromatic N) is 2. The molecule has 92 valence electrons. The lowest BCUT2D eigenvalue weighted by atomic mass is 10.1. The number of aliphatic imine (C=N–C) groups is 1. The predicted molar refractivity (Wildman–Crippen MR) is 78.3 cm³/mol. The van der Waals surface area contributed by atoms with Crippen LogP contribution < -0.4 is 5.73 Å². The van der Waals surface area contributed by atoms with Crippen molar-refractivity contribution in [3.8, 4) is 0 Å². The van der Waals surface area contributed by atoms with Crippen LogP contribution in [0.2, 0.25) is 0 Å². The fourth-order valence-electron chi connectivity index (χ4n) is 1.63. The van der Waals surface area contributed by atoms with Gasteiger partial charge in [0.2, 0.25) is 0 Å². The van der Waals surface area contributed by atoms with Gasteiger partial charge in [0, 0.05) is 18.2 Å². The molecule has 0 fully saturated rings. The smallest absolute Gasteiger partial charge is 0.160 e. The van der Waals surface area contributed by atoms with Crippen LogP contribution >= 0.6 is 11.8 Å². The van der Waals surface area contributed by atoms with Crippen LogP contribution in [0.1, 0.15) is 11.1 Å². The third-order valence-corrected chi connectivity index (χ3v) is 3.04. The average molecular weight is 257 g/mol. The molecule has 0 aliphatic carbocycles. The summed E-state index contributed by atoms with van der Waals surface area (Å²) in [7, 11) is 0. The highest BCUT2D eigenvalue weighted by atomic mass is 32.2. The third-order valence-electron chi connectivity index (χ3n) is 2.53. The van der Waals surface area contributed by atoms with E-state index < -0.39 is 0 Å². The van der Waals surface area contributed by atoms with Crippen LogP contribution in [0.3, 0.4) is 0 Å². The van der Waals surface area contributed by atoms with Crippen molar-refractivity contribution >= 4 is 22.7 Å². The van der Waals surface area contributed by atoms with E-state index in [-0.39, 0.29) is 0 Å². The number of rotatable bonds is 3. The van der Waals surface area contributed by atoms with Gasteiger partial charge in [0.25, 0.3) is 0 Å². The molecule has 0 spiro atoms. The summed E-state index contributed by atoms with van der Waals surface area (Å²) in [6.45, 7) is 0. The standard InChI is InChI=1S/C14H15N3S/c1-18-14(15)17-13-12(8-5-9-16-13)10-11-6-3-2-4-7-11/h2-9H,10H2,1H3,(H2,15,16,17). The SMILES string of the molecule is CS/C(N)=N\c1ncccc1Cc1ccccc1. The summed E-state index contributed by atoms with van der Waals surface area (Å²) in [4.78, 5) is 8.60. The molecule has 1 aromatic carbocycles. The van der Waals surface area contributed by atoms with Gasteiger partial charge in [0.05, 0.1) is 0 Å². The van der Waals surface area contributed by atoms with Crippen LogP contribution in [0.4, 0.5) is 5.82 Å². The monoisotopic (exact) mass is 257 g/mol. The van der Waals surface area contributed by atoms with Crippen molar-refractivity contribution in [2.75, 3.05) is 6.26 Å². The number of nitrogens with two attached hydrogens (primary N) is 1. The molecule has 0 bridgehead atoms. The molecule has 0 saturated heterocycles. The number of amidine groups is 1. The first-order valence-electron chi connectivity index (χ1n) is 5.65. The van der Waals surface area contributed by atoms with E-state index >= 15 is 0 Å². The molecular formula is C14H15N3S. The minimum Gasteiger partial charge on any atom is -0.378 e. The van der Waals surface area contributed by atoms with Gasteiger partial charge in [-0.2, -0.15) is 0 Å². The van der Waals surface area contributed by atoms with Gasteiger partial charge in [-0.05, 0) is 17.9 Å². The predicted octanol–water partition coefficient (Wildman–Crippen LogP) is 2.98. The van der Waals surface area contributed by atoms with Gasteiger partial charge in [0.1, 0.15) is 0 Å². The number of pyridine rings is 1. The summed E-state index contributed by atoms with van der Waals surface area (Å²) in [5, 5.41) is 0.531. The largest absolute Gasteiger partial charge is 0.378 e. The van der Waals surface area contributed by atoms with E-state index in [1.807, 2.05) is 36.6 Å². The van der Waals surface area contributed by atoms with Gasteiger partial charge in [-0.25, -0.2) is 9.98 Å². The Morgan fingerprint density at radius 2 is 2.00 bits per heavy atom. The number of hydrogen-bond acceptors (Lipinski definition) is 3.